The van der Waals surface area contributed by atoms with E-state index in [1.165, 1.54) is 11.8 Å². The number of hydrogen-bond acceptors (Lipinski definition) is 5. The highest BCUT2D eigenvalue weighted by molar-refractivity contribution is 8.00. The number of thioether (sulfide) groups is 1. The van der Waals surface area contributed by atoms with Gasteiger partial charge < -0.3 is 9.32 Å². The van der Waals surface area contributed by atoms with E-state index < -0.39 is 0 Å². The minimum atomic E-state index is -0.314. The number of hydrogen-bond donors (Lipinski definition) is 0. The first-order chi connectivity index (χ1) is 12.9. The molecule has 0 aliphatic heterocycles. The van der Waals surface area contributed by atoms with Crippen molar-refractivity contribution in [3.8, 4) is 11.5 Å². The summed E-state index contributed by atoms with van der Waals surface area (Å²) in [6.45, 7) is 6.50. The Hall–Kier alpha value is -2.60. The van der Waals surface area contributed by atoms with E-state index in [-0.39, 0.29) is 11.2 Å². The van der Waals surface area contributed by atoms with Gasteiger partial charge in [-0.2, -0.15) is 0 Å². The molecule has 27 heavy (non-hydrogen) atoms. The zero-order chi connectivity index (χ0) is 19.4. The van der Waals surface area contributed by atoms with Gasteiger partial charge in [-0.3, -0.25) is 4.79 Å². The molecule has 0 aliphatic carbocycles. The first kappa shape index (κ1) is 19.2. The van der Waals surface area contributed by atoms with Crippen LogP contribution in [0, 0.1) is 13.8 Å². The first-order valence-corrected chi connectivity index (χ1v) is 9.68. The van der Waals surface area contributed by atoms with Crippen LogP contribution in [0.4, 0.5) is 0 Å². The smallest absolute Gasteiger partial charge is 0.277 e. The van der Waals surface area contributed by atoms with Gasteiger partial charge in [0.25, 0.3) is 5.22 Å². The molecule has 0 saturated heterocycles. The molecule has 1 amide bonds. The Balaban J connectivity index is 1.64. The number of carbonyl (C=O) groups is 1. The lowest BCUT2D eigenvalue weighted by molar-refractivity contribution is -0.129. The summed E-state index contributed by atoms with van der Waals surface area (Å²) in [5, 5.41) is 8.31. The Morgan fingerprint density at radius 3 is 2.44 bits per heavy atom. The Morgan fingerprint density at radius 1 is 1.11 bits per heavy atom. The van der Waals surface area contributed by atoms with Crippen LogP contribution in [0.15, 0.2) is 58.2 Å². The Kier molecular flexibility index (Phi) is 5.96. The van der Waals surface area contributed by atoms with Crippen molar-refractivity contribution in [1.82, 2.24) is 15.1 Å². The molecule has 3 rings (SSSR count). The minimum Gasteiger partial charge on any atom is -0.411 e. The van der Waals surface area contributed by atoms with Crippen LogP contribution in [0.5, 0.6) is 0 Å². The summed E-state index contributed by atoms with van der Waals surface area (Å²) in [5.74, 6) is 0.497. The topological polar surface area (TPSA) is 59.2 Å². The molecule has 1 unspecified atom stereocenters. The average Bonchev–Trinajstić information content (AvgIpc) is 3.09. The summed E-state index contributed by atoms with van der Waals surface area (Å²) in [7, 11) is 1.81. The molecule has 0 saturated carbocycles. The molecular formula is C21H23N3O2S. The number of nitrogens with zero attached hydrogens (tertiary/aromatic N) is 3. The van der Waals surface area contributed by atoms with Crippen molar-refractivity contribution in [2.75, 3.05) is 7.05 Å². The summed E-state index contributed by atoms with van der Waals surface area (Å²) in [6, 6.07) is 16.0. The van der Waals surface area contributed by atoms with Crippen molar-refractivity contribution in [3.05, 3.63) is 65.2 Å². The number of carbonyl (C=O) groups excluding carboxylic acids is 1. The highest BCUT2D eigenvalue weighted by Crippen LogP contribution is 2.28. The number of rotatable bonds is 6. The van der Waals surface area contributed by atoms with E-state index in [9.17, 15) is 4.79 Å². The van der Waals surface area contributed by atoms with E-state index in [1.807, 2.05) is 63.2 Å². The molecule has 1 heterocycles. The highest BCUT2D eigenvalue weighted by atomic mass is 32.2. The lowest BCUT2D eigenvalue weighted by Gasteiger charge is -2.20. The molecule has 0 bridgehead atoms. The first-order valence-electron chi connectivity index (χ1n) is 8.80. The van der Waals surface area contributed by atoms with Crippen molar-refractivity contribution >= 4 is 17.7 Å². The van der Waals surface area contributed by atoms with Crippen molar-refractivity contribution in [2.24, 2.45) is 0 Å². The van der Waals surface area contributed by atoms with Gasteiger partial charge in [0.2, 0.25) is 11.8 Å². The zero-order valence-electron chi connectivity index (χ0n) is 16.0. The maximum absolute atomic E-state index is 12.6. The average molecular weight is 382 g/mol. The molecular weight excluding hydrogens is 358 g/mol. The van der Waals surface area contributed by atoms with E-state index in [2.05, 4.69) is 16.3 Å². The zero-order valence-corrected chi connectivity index (χ0v) is 16.8. The molecule has 2 aromatic carbocycles. The predicted octanol–water partition coefficient (Wildman–Crippen LogP) is 4.49. The van der Waals surface area contributed by atoms with E-state index in [4.69, 9.17) is 4.42 Å². The normalized spacial score (nSPS) is 12.0. The molecule has 0 fully saturated rings. The van der Waals surface area contributed by atoms with Gasteiger partial charge in [-0.15, -0.1) is 10.2 Å². The van der Waals surface area contributed by atoms with Gasteiger partial charge >= 0.3 is 0 Å². The lowest BCUT2D eigenvalue weighted by atomic mass is 10.1. The van der Waals surface area contributed by atoms with Gasteiger partial charge in [0.15, 0.2) is 0 Å². The lowest BCUT2D eigenvalue weighted by Crippen LogP contribution is -2.32. The van der Waals surface area contributed by atoms with Crippen LogP contribution in [-0.2, 0) is 11.3 Å². The Bertz CT molecular complexity index is 904. The van der Waals surface area contributed by atoms with Gasteiger partial charge in [0, 0.05) is 19.2 Å². The van der Waals surface area contributed by atoms with Crippen molar-refractivity contribution < 1.29 is 9.21 Å². The highest BCUT2D eigenvalue weighted by Gasteiger charge is 2.22. The second-order valence-corrected chi connectivity index (χ2v) is 7.98. The molecule has 0 radical (unpaired) electrons. The van der Waals surface area contributed by atoms with Crippen LogP contribution in [0.1, 0.15) is 23.6 Å². The SMILES string of the molecule is Cc1cc(C)cc(-c2nnc(SC(C)C(=O)N(C)Cc3ccccc3)o2)c1. The van der Waals surface area contributed by atoms with E-state index in [0.717, 1.165) is 22.3 Å². The van der Waals surface area contributed by atoms with Crippen LogP contribution < -0.4 is 0 Å². The second kappa shape index (κ2) is 8.39. The molecule has 6 heteroatoms. The maximum atomic E-state index is 12.6. The van der Waals surface area contributed by atoms with Crippen LogP contribution in [0.25, 0.3) is 11.5 Å². The van der Waals surface area contributed by atoms with E-state index in [1.54, 1.807) is 11.9 Å². The third-order valence-electron chi connectivity index (χ3n) is 4.14. The van der Waals surface area contributed by atoms with Crippen LogP contribution in [0.3, 0.4) is 0 Å². The number of aromatic nitrogens is 2. The van der Waals surface area contributed by atoms with Gasteiger partial charge in [-0.25, -0.2) is 0 Å². The predicted molar refractivity (Wildman–Crippen MR) is 107 cm³/mol. The van der Waals surface area contributed by atoms with E-state index >= 15 is 0 Å². The molecule has 1 atom stereocenters. The van der Waals surface area contributed by atoms with Gasteiger partial charge in [-0.1, -0.05) is 59.3 Å². The van der Waals surface area contributed by atoms with Gasteiger partial charge in [0.1, 0.15) is 0 Å². The van der Waals surface area contributed by atoms with Crippen LogP contribution in [-0.4, -0.2) is 33.3 Å². The van der Waals surface area contributed by atoms with Crippen molar-refractivity contribution in [2.45, 2.75) is 37.8 Å². The van der Waals surface area contributed by atoms with Crippen molar-refractivity contribution in [1.29, 1.82) is 0 Å². The summed E-state index contributed by atoms with van der Waals surface area (Å²) in [5.41, 5.74) is 4.28. The third kappa shape index (κ3) is 4.98. The Morgan fingerprint density at radius 2 is 1.78 bits per heavy atom. The fourth-order valence-corrected chi connectivity index (χ4v) is 3.72. The van der Waals surface area contributed by atoms with Crippen molar-refractivity contribution in [3.63, 3.8) is 0 Å². The fraction of sp³-hybridized carbons (Fsp3) is 0.286. The minimum absolute atomic E-state index is 0.0232. The summed E-state index contributed by atoms with van der Waals surface area (Å²) in [6.07, 6.45) is 0. The van der Waals surface area contributed by atoms with Crippen LogP contribution >= 0.6 is 11.8 Å². The molecule has 140 valence electrons. The number of benzene rings is 2. The maximum Gasteiger partial charge on any atom is 0.277 e. The molecule has 0 aliphatic rings. The summed E-state index contributed by atoms with van der Waals surface area (Å²) < 4.78 is 5.77. The fourth-order valence-electron chi connectivity index (χ4n) is 2.92. The second-order valence-electron chi connectivity index (χ2n) is 6.69. The monoisotopic (exact) mass is 381 g/mol. The summed E-state index contributed by atoms with van der Waals surface area (Å²) in [4.78, 5) is 14.3. The standard InChI is InChI=1S/C21H23N3O2S/c1-14-10-15(2)12-18(11-14)19-22-23-21(26-19)27-16(3)20(25)24(4)13-17-8-6-5-7-9-17/h5-12,16H,13H2,1-4H3. The Labute approximate surface area is 163 Å². The molecule has 1 aromatic heterocycles. The largest absolute Gasteiger partial charge is 0.411 e. The number of amides is 1. The molecule has 3 aromatic rings. The number of aryl methyl sites for hydroxylation is 2. The molecule has 0 N–H and O–H groups in total. The summed E-state index contributed by atoms with van der Waals surface area (Å²) >= 11 is 1.28. The van der Waals surface area contributed by atoms with Gasteiger partial charge in [-0.05, 0) is 38.5 Å². The van der Waals surface area contributed by atoms with Crippen LogP contribution in [0.2, 0.25) is 0 Å². The quantitative estimate of drug-likeness (QED) is 0.589. The van der Waals surface area contributed by atoms with Gasteiger partial charge in [0.05, 0.1) is 5.25 Å². The molecule has 5 nitrogen and oxygen atoms in total. The van der Waals surface area contributed by atoms with E-state index in [0.29, 0.717) is 17.7 Å². The third-order valence-corrected chi connectivity index (χ3v) is 5.06. The molecule has 0 spiro atoms.